The number of thioether (sulfide) groups is 1. The van der Waals surface area contributed by atoms with E-state index < -0.39 is 5.82 Å². The first-order valence-electron chi connectivity index (χ1n) is 6.78. The molecule has 0 radical (unpaired) electrons. The van der Waals surface area contributed by atoms with Gasteiger partial charge in [0.15, 0.2) is 0 Å². The summed E-state index contributed by atoms with van der Waals surface area (Å²) in [5.41, 5.74) is 6.65. The summed E-state index contributed by atoms with van der Waals surface area (Å²) in [6.45, 7) is 6.38. The Morgan fingerprint density at radius 2 is 2.00 bits per heavy atom. The number of carbonyl (C=O) groups excluding carboxylic acids is 1. The Bertz CT molecular complexity index is 455. The maximum Gasteiger partial charge on any atom is 0.251 e. The van der Waals surface area contributed by atoms with Crippen LogP contribution in [-0.4, -0.2) is 23.5 Å². The average molecular weight is 298 g/mol. The number of hydrogen-bond acceptors (Lipinski definition) is 3. The van der Waals surface area contributed by atoms with Crippen LogP contribution in [0.2, 0.25) is 0 Å². The van der Waals surface area contributed by atoms with Crippen molar-refractivity contribution >= 4 is 23.4 Å². The zero-order chi connectivity index (χ0) is 15.3. The number of carbonyl (C=O) groups is 1. The van der Waals surface area contributed by atoms with Gasteiger partial charge in [-0.1, -0.05) is 13.8 Å². The molecule has 1 rings (SSSR count). The second kappa shape index (κ2) is 6.97. The molecule has 0 heterocycles. The maximum absolute atomic E-state index is 13.6. The zero-order valence-electron chi connectivity index (χ0n) is 12.5. The predicted octanol–water partition coefficient (Wildman–Crippen LogP) is 3.37. The predicted molar refractivity (Wildman–Crippen MR) is 84.7 cm³/mol. The van der Waals surface area contributed by atoms with Gasteiger partial charge in [-0.05, 0) is 38.2 Å². The van der Waals surface area contributed by atoms with Gasteiger partial charge in [0.25, 0.3) is 5.91 Å². The van der Waals surface area contributed by atoms with Gasteiger partial charge >= 0.3 is 0 Å². The first kappa shape index (κ1) is 16.8. The van der Waals surface area contributed by atoms with Gasteiger partial charge in [-0.3, -0.25) is 4.79 Å². The molecule has 112 valence electrons. The summed E-state index contributed by atoms with van der Waals surface area (Å²) in [7, 11) is 0. The fourth-order valence-corrected chi connectivity index (χ4v) is 2.83. The summed E-state index contributed by atoms with van der Waals surface area (Å²) in [6, 6.07) is 2.76. The minimum Gasteiger partial charge on any atom is -0.398 e. The van der Waals surface area contributed by atoms with E-state index in [-0.39, 0.29) is 16.2 Å². The van der Waals surface area contributed by atoms with Crippen molar-refractivity contribution in [2.24, 2.45) is 0 Å². The molecular formula is C15H23FN2OS. The van der Waals surface area contributed by atoms with E-state index in [4.69, 9.17) is 5.73 Å². The quantitative estimate of drug-likeness (QED) is 0.792. The molecule has 0 bridgehead atoms. The maximum atomic E-state index is 13.6. The number of rotatable bonds is 6. The number of benzene rings is 1. The molecule has 0 aliphatic heterocycles. The average Bonchev–Trinajstić information content (AvgIpc) is 2.46. The van der Waals surface area contributed by atoms with Crippen LogP contribution in [0.1, 0.15) is 42.6 Å². The van der Waals surface area contributed by atoms with Crippen molar-refractivity contribution in [3.63, 3.8) is 0 Å². The zero-order valence-corrected chi connectivity index (χ0v) is 13.4. The van der Waals surface area contributed by atoms with Crippen molar-refractivity contribution in [1.29, 1.82) is 0 Å². The Kier molecular flexibility index (Phi) is 5.87. The number of nitrogens with two attached hydrogens (primary N) is 1. The molecular weight excluding hydrogens is 275 g/mol. The number of nitrogens with one attached hydrogen (secondary N) is 1. The molecule has 0 atom stereocenters. The van der Waals surface area contributed by atoms with Crippen LogP contribution in [0.15, 0.2) is 12.1 Å². The van der Waals surface area contributed by atoms with Crippen molar-refractivity contribution in [2.75, 3.05) is 18.5 Å². The van der Waals surface area contributed by atoms with Crippen LogP contribution in [0.4, 0.5) is 10.1 Å². The lowest BCUT2D eigenvalue weighted by molar-refractivity contribution is 0.0948. The Hall–Kier alpha value is -1.23. The van der Waals surface area contributed by atoms with Crippen molar-refractivity contribution in [3.05, 3.63) is 29.1 Å². The van der Waals surface area contributed by atoms with Crippen LogP contribution in [0.25, 0.3) is 0 Å². The van der Waals surface area contributed by atoms with Crippen molar-refractivity contribution < 1.29 is 9.18 Å². The number of hydrogen-bond donors (Lipinski definition) is 2. The smallest absolute Gasteiger partial charge is 0.251 e. The minimum atomic E-state index is -0.447. The Morgan fingerprint density at radius 1 is 1.40 bits per heavy atom. The molecule has 1 amide bonds. The monoisotopic (exact) mass is 298 g/mol. The van der Waals surface area contributed by atoms with Gasteiger partial charge in [0, 0.05) is 28.1 Å². The standard InChI is InChI=1S/C15H23FN2OS/c1-5-15(6-2,20-4)9-18-14(19)11-7-12(16)10(3)13(17)8-11/h7-8H,5-6,9,17H2,1-4H3,(H,18,19). The number of amides is 1. The minimum absolute atomic E-state index is 0.0322. The van der Waals surface area contributed by atoms with Gasteiger partial charge in [-0.2, -0.15) is 11.8 Å². The molecule has 0 aromatic heterocycles. The summed E-state index contributed by atoms with van der Waals surface area (Å²) in [4.78, 5) is 12.1. The third-order valence-electron chi connectivity index (χ3n) is 3.94. The first-order chi connectivity index (χ1) is 9.39. The number of anilines is 1. The molecule has 3 N–H and O–H groups in total. The summed E-state index contributed by atoms with van der Waals surface area (Å²) < 4.78 is 13.6. The topological polar surface area (TPSA) is 55.1 Å². The summed E-state index contributed by atoms with van der Waals surface area (Å²) in [6.07, 6.45) is 3.98. The molecule has 3 nitrogen and oxygen atoms in total. The molecule has 0 unspecified atom stereocenters. The van der Waals surface area contributed by atoms with Gasteiger partial charge in [-0.15, -0.1) is 0 Å². The van der Waals surface area contributed by atoms with Gasteiger partial charge < -0.3 is 11.1 Å². The molecule has 0 spiro atoms. The van der Waals surface area contributed by atoms with Gasteiger partial charge in [0.1, 0.15) is 5.82 Å². The van der Waals surface area contributed by atoms with Crippen LogP contribution >= 0.6 is 11.8 Å². The van der Waals surface area contributed by atoms with E-state index >= 15 is 0 Å². The van der Waals surface area contributed by atoms with Crippen LogP contribution < -0.4 is 11.1 Å². The molecule has 5 heteroatoms. The highest BCUT2D eigenvalue weighted by atomic mass is 32.2. The molecule has 20 heavy (non-hydrogen) atoms. The number of halogens is 1. The van der Waals surface area contributed by atoms with Gasteiger partial charge in [-0.25, -0.2) is 4.39 Å². The third kappa shape index (κ3) is 3.66. The highest BCUT2D eigenvalue weighted by Crippen LogP contribution is 2.29. The fraction of sp³-hybridized carbons (Fsp3) is 0.533. The number of nitrogen functional groups attached to an aromatic ring is 1. The van der Waals surface area contributed by atoms with Crippen molar-refractivity contribution in [3.8, 4) is 0 Å². The van der Waals surface area contributed by atoms with E-state index in [9.17, 15) is 9.18 Å². The second-order valence-corrected chi connectivity index (χ2v) is 6.22. The van der Waals surface area contributed by atoms with Crippen LogP contribution in [0, 0.1) is 12.7 Å². The van der Waals surface area contributed by atoms with E-state index in [2.05, 4.69) is 19.2 Å². The molecule has 0 fully saturated rings. The van der Waals surface area contributed by atoms with E-state index in [0.29, 0.717) is 17.8 Å². The largest absolute Gasteiger partial charge is 0.398 e. The second-order valence-electron chi connectivity index (χ2n) is 4.95. The van der Waals surface area contributed by atoms with E-state index in [1.54, 1.807) is 18.7 Å². The summed E-state index contributed by atoms with van der Waals surface area (Å²) in [5.74, 6) is -0.729. The lowest BCUT2D eigenvalue weighted by atomic mass is 10.0. The van der Waals surface area contributed by atoms with Crippen molar-refractivity contribution in [1.82, 2.24) is 5.32 Å². The molecule has 0 saturated heterocycles. The molecule has 0 aliphatic rings. The van der Waals surface area contributed by atoms with Crippen LogP contribution in [0.3, 0.4) is 0 Å². The lowest BCUT2D eigenvalue weighted by Gasteiger charge is -2.29. The molecule has 0 aliphatic carbocycles. The lowest BCUT2D eigenvalue weighted by Crippen LogP contribution is -2.39. The van der Waals surface area contributed by atoms with E-state index in [1.807, 2.05) is 6.26 Å². The van der Waals surface area contributed by atoms with Crippen molar-refractivity contribution in [2.45, 2.75) is 38.4 Å². The van der Waals surface area contributed by atoms with Gasteiger partial charge in [0.2, 0.25) is 0 Å². The Morgan fingerprint density at radius 3 is 2.45 bits per heavy atom. The molecule has 0 saturated carbocycles. The first-order valence-corrected chi connectivity index (χ1v) is 8.00. The third-order valence-corrected chi connectivity index (χ3v) is 5.53. The summed E-state index contributed by atoms with van der Waals surface area (Å²) >= 11 is 1.75. The van der Waals surface area contributed by atoms with E-state index in [1.165, 1.54) is 12.1 Å². The summed E-state index contributed by atoms with van der Waals surface area (Å²) in [5, 5.41) is 2.88. The fourth-order valence-electron chi connectivity index (χ4n) is 2.04. The van der Waals surface area contributed by atoms with Gasteiger partial charge in [0.05, 0.1) is 0 Å². The SMILES string of the molecule is CCC(CC)(CNC(=O)c1cc(N)c(C)c(F)c1)SC. The Labute approximate surface area is 124 Å². The Balaban J connectivity index is 2.82. The van der Waals surface area contributed by atoms with Crippen LogP contribution in [0.5, 0.6) is 0 Å². The van der Waals surface area contributed by atoms with E-state index in [0.717, 1.165) is 12.8 Å². The highest BCUT2D eigenvalue weighted by Gasteiger charge is 2.25. The highest BCUT2D eigenvalue weighted by molar-refractivity contribution is 8.00. The molecule has 1 aromatic carbocycles. The van der Waals surface area contributed by atoms with Crippen LogP contribution in [-0.2, 0) is 0 Å². The normalized spacial score (nSPS) is 11.4. The molecule has 1 aromatic rings.